The van der Waals surface area contributed by atoms with Gasteiger partial charge in [-0.3, -0.25) is 4.79 Å². The highest BCUT2D eigenvalue weighted by Crippen LogP contribution is 2.40. The van der Waals surface area contributed by atoms with E-state index >= 15 is 0 Å². The van der Waals surface area contributed by atoms with E-state index in [2.05, 4.69) is 36.4 Å². The van der Waals surface area contributed by atoms with Gasteiger partial charge in [0.2, 0.25) is 0 Å². The van der Waals surface area contributed by atoms with Gasteiger partial charge in [-0.25, -0.2) is 9.97 Å². The second kappa shape index (κ2) is 5.96. The molecule has 0 saturated heterocycles. The molecule has 0 fully saturated rings. The van der Waals surface area contributed by atoms with E-state index in [9.17, 15) is 4.79 Å². The van der Waals surface area contributed by atoms with Gasteiger partial charge in [-0.15, -0.1) is 0 Å². The molecule has 2 aromatic heterocycles. The van der Waals surface area contributed by atoms with Gasteiger partial charge in [-0.05, 0) is 40.7 Å². The third-order valence-electron chi connectivity index (χ3n) is 4.61. The van der Waals surface area contributed by atoms with Gasteiger partial charge in [0, 0.05) is 11.1 Å². The van der Waals surface area contributed by atoms with Crippen molar-refractivity contribution in [2.75, 3.05) is 5.32 Å². The van der Waals surface area contributed by atoms with Crippen LogP contribution in [0.25, 0.3) is 22.3 Å². The number of hydrogen-bond acceptors (Lipinski definition) is 4. The van der Waals surface area contributed by atoms with Crippen molar-refractivity contribution in [3.8, 4) is 11.3 Å². The number of hydrogen-bond donors (Lipinski definition) is 3. The molecular formula is C20H22ClN5O. The molecule has 6 nitrogen and oxygen atoms in total. The molecule has 0 unspecified atom stereocenters. The van der Waals surface area contributed by atoms with E-state index in [-0.39, 0.29) is 17.5 Å². The number of nitrogens with zero attached hydrogens (tertiary/aromatic N) is 2. The van der Waals surface area contributed by atoms with Crippen molar-refractivity contribution in [1.29, 1.82) is 0 Å². The maximum Gasteiger partial charge on any atom is 0.255 e. The van der Waals surface area contributed by atoms with Crippen molar-refractivity contribution in [3.63, 3.8) is 0 Å². The van der Waals surface area contributed by atoms with Crippen LogP contribution < -0.4 is 10.6 Å². The average molecular weight is 384 g/mol. The minimum atomic E-state index is -0.151. The standard InChI is InChI=1S/C20H22ClN5O/c1-9-15-13(19(27)23-9)14(21)17(24-15)11-7-6-8-12-16(11)25-18(10(2)22-12)26-20(3,4)5/h6-9,24H,1-5H3,(H,23,27)(H,25,26)/t9-/m1/s1. The maximum atomic E-state index is 12.2. The molecule has 140 valence electrons. The highest BCUT2D eigenvalue weighted by Gasteiger charge is 2.33. The molecule has 1 aliphatic heterocycles. The minimum Gasteiger partial charge on any atom is -0.364 e. The summed E-state index contributed by atoms with van der Waals surface area (Å²) in [7, 11) is 0. The summed E-state index contributed by atoms with van der Waals surface area (Å²) in [5.74, 6) is 0.589. The zero-order chi connectivity index (χ0) is 19.5. The summed E-state index contributed by atoms with van der Waals surface area (Å²) in [4.78, 5) is 25.1. The molecule has 4 rings (SSSR count). The van der Waals surface area contributed by atoms with Crippen LogP contribution in [0.3, 0.4) is 0 Å². The van der Waals surface area contributed by atoms with Crippen molar-refractivity contribution < 1.29 is 4.79 Å². The number of rotatable bonds is 2. The van der Waals surface area contributed by atoms with Gasteiger partial charge in [-0.2, -0.15) is 0 Å². The van der Waals surface area contributed by atoms with E-state index in [4.69, 9.17) is 21.6 Å². The van der Waals surface area contributed by atoms with Crippen LogP contribution in [0.1, 0.15) is 55.5 Å². The predicted octanol–water partition coefficient (Wildman–Crippen LogP) is 4.60. The number of carbonyl (C=O) groups excluding carboxylic acids is 1. The van der Waals surface area contributed by atoms with Crippen molar-refractivity contribution >= 4 is 34.4 Å². The lowest BCUT2D eigenvalue weighted by Gasteiger charge is -2.22. The Kier molecular flexibility index (Phi) is 3.93. The quantitative estimate of drug-likeness (QED) is 0.603. The number of halogens is 1. The molecule has 0 aliphatic carbocycles. The van der Waals surface area contributed by atoms with Gasteiger partial charge in [-0.1, -0.05) is 23.7 Å². The predicted molar refractivity (Wildman–Crippen MR) is 108 cm³/mol. The zero-order valence-corrected chi connectivity index (χ0v) is 16.7. The SMILES string of the molecule is Cc1nc2cccc(-c3[nH]c4c(c3Cl)C(=O)N[C@@H]4C)c2nc1NC(C)(C)C. The van der Waals surface area contributed by atoms with Crippen LogP contribution in [0, 0.1) is 6.92 Å². The number of fused-ring (bicyclic) bond motifs is 2. The average Bonchev–Trinajstić information content (AvgIpc) is 3.04. The number of para-hydroxylation sites is 1. The first-order valence-corrected chi connectivity index (χ1v) is 9.31. The maximum absolute atomic E-state index is 12.2. The first kappa shape index (κ1) is 17.8. The number of benzene rings is 1. The van der Waals surface area contributed by atoms with Crippen LogP contribution in [0.2, 0.25) is 5.02 Å². The number of anilines is 1. The fraction of sp³-hybridized carbons (Fsp3) is 0.350. The van der Waals surface area contributed by atoms with E-state index in [0.717, 1.165) is 33.8 Å². The molecular weight excluding hydrogens is 362 g/mol. The Morgan fingerprint density at radius 3 is 2.63 bits per heavy atom. The van der Waals surface area contributed by atoms with Gasteiger partial charge in [0.05, 0.1) is 39.2 Å². The molecule has 1 atom stereocenters. The summed E-state index contributed by atoms with van der Waals surface area (Å²) in [5.41, 5.74) is 5.08. The van der Waals surface area contributed by atoms with Crippen molar-refractivity contribution in [2.24, 2.45) is 0 Å². The second-order valence-corrected chi connectivity index (χ2v) is 8.38. The molecule has 0 bridgehead atoms. The van der Waals surface area contributed by atoms with Crippen molar-refractivity contribution in [3.05, 3.63) is 40.2 Å². The number of amides is 1. The first-order valence-electron chi connectivity index (χ1n) is 8.94. The van der Waals surface area contributed by atoms with Gasteiger partial charge in [0.15, 0.2) is 0 Å². The van der Waals surface area contributed by atoms with Gasteiger partial charge < -0.3 is 15.6 Å². The summed E-state index contributed by atoms with van der Waals surface area (Å²) in [6.07, 6.45) is 0. The monoisotopic (exact) mass is 383 g/mol. The van der Waals surface area contributed by atoms with Crippen LogP contribution in [0.4, 0.5) is 5.82 Å². The van der Waals surface area contributed by atoms with Crippen molar-refractivity contribution in [1.82, 2.24) is 20.3 Å². The summed E-state index contributed by atoms with van der Waals surface area (Å²) < 4.78 is 0. The second-order valence-electron chi connectivity index (χ2n) is 8.00. The van der Waals surface area contributed by atoms with E-state index in [0.29, 0.717) is 16.3 Å². The van der Waals surface area contributed by atoms with Gasteiger partial charge in [0.25, 0.3) is 5.91 Å². The Morgan fingerprint density at radius 2 is 1.96 bits per heavy atom. The van der Waals surface area contributed by atoms with E-state index in [1.807, 2.05) is 32.0 Å². The molecule has 0 saturated carbocycles. The van der Waals surface area contributed by atoms with Crippen LogP contribution >= 0.6 is 11.6 Å². The molecule has 7 heteroatoms. The number of nitrogens with one attached hydrogen (secondary N) is 3. The number of aromatic amines is 1. The lowest BCUT2D eigenvalue weighted by molar-refractivity contribution is 0.0958. The van der Waals surface area contributed by atoms with Crippen molar-refractivity contribution in [2.45, 2.75) is 46.2 Å². The van der Waals surface area contributed by atoms with Crippen LogP contribution in [0.5, 0.6) is 0 Å². The highest BCUT2D eigenvalue weighted by molar-refractivity contribution is 6.37. The largest absolute Gasteiger partial charge is 0.364 e. The summed E-state index contributed by atoms with van der Waals surface area (Å²) >= 11 is 6.59. The van der Waals surface area contributed by atoms with E-state index in [1.165, 1.54) is 0 Å². The van der Waals surface area contributed by atoms with Gasteiger partial charge >= 0.3 is 0 Å². The van der Waals surface area contributed by atoms with E-state index < -0.39 is 0 Å². The molecule has 27 heavy (non-hydrogen) atoms. The number of carbonyl (C=O) groups is 1. The molecule has 1 aliphatic rings. The van der Waals surface area contributed by atoms with Crippen LogP contribution in [0.15, 0.2) is 18.2 Å². The smallest absolute Gasteiger partial charge is 0.255 e. The molecule has 1 aromatic carbocycles. The molecule has 3 N–H and O–H groups in total. The first-order chi connectivity index (χ1) is 12.7. The Morgan fingerprint density at radius 1 is 1.22 bits per heavy atom. The molecule has 3 heterocycles. The van der Waals surface area contributed by atoms with Crippen LogP contribution in [-0.2, 0) is 0 Å². The Labute approximate surface area is 162 Å². The molecule has 3 aromatic rings. The zero-order valence-electron chi connectivity index (χ0n) is 16.0. The Balaban J connectivity index is 1.93. The third-order valence-corrected chi connectivity index (χ3v) is 4.99. The minimum absolute atomic E-state index is 0.0971. The number of H-pyrrole nitrogens is 1. The van der Waals surface area contributed by atoms with Gasteiger partial charge in [0.1, 0.15) is 11.3 Å². The Bertz CT molecular complexity index is 1080. The van der Waals surface area contributed by atoms with Crippen LogP contribution in [-0.4, -0.2) is 26.4 Å². The lowest BCUT2D eigenvalue weighted by atomic mass is 10.1. The summed E-state index contributed by atoms with van der Waals surface area (Å²) in [6, 6.07) is 5.71. The third kappa shape index (κ3) is 2.94. The highest BCUT2D eigenvalue weighted by atomic mass is 35.5. The number of aryl methyl sites for hydroxylation is 1. The summed E-state index contributed by atoms with van der Waals surface area (Å²) in [5, 5.41) is 6.70. The Hall–Kier alpha value is -2.60. The lowest BCUT2D eigenvalue weighted by Crippen LogP contribution is -2.27. The fourth-order valence-corrected chi connectivity index (χ4v) is 3.75. The molecule has 0 radical (unpaired) electrons. The number of aromatic nitrogens is 3. The summed E-state index contributed by atoms with van der Waals surface area (Å²) in [6.45, 7) is 10.1. The molecule has 1 amide bonds. The fourth-order valence-electron chi connectivity index (χ4n) is 3.41. The normalized spacial score (nSPS) is 16.5. The molecule has 0 spiro atoms. The topological polar surface area (TPSA) is 82.7 Å². The van der Waals surface area contributed by atoms with E-state index in [1.54, 1.807) is 0 Å².